The molecule has 76 heavy (non-hydrogen) atoms. The molecule has 15 N–H and O–H groups in total. The van der Waals surface area contributed by atoms with Crippen LogP contribution in [0.5, 0.6) is 0 Å². The zero-order valence-electron chi connectivity index (χ0n) is 42.7. The third-order valence-electron chi connectivity index (χ3n) is 12.8. The highest BCUT2D eigenvalue weighted by Gasteiger charge is 2.35. The van der Waals surface area contributed by atoms with Gasteiger partial charge in [0.15, 0.2) is 5.96 Å². The Kier molecular flexibility index (Phi) is 21.0. The number of H-pyrrole nitrogens is 2. The van der Waals surface area contributed by atoms with Gasteiger partial charge >= 0.3 is 0 Å². The molecule has 25 heteroatoms. The molecule has 2 bridgehead atoms. The van der Waals surface area contributed by atoms with Crippen LogP contribution in [0.4, 0.5) is 0 Å². The van der Waals surface area contributed by atoms with Crippen molar-refractivity contribution in [3.05, 3.63) is 102 Å². The fourth-order valence-electron chi connectivity index (χ4n) is 8.81. The number of para-hydroxylation sites is 1. The lowest BCUT2D eigenvalue weighted by molar-refractivity contribution is -0.135. The first-order valence-electron chi connectivity index (χ1n) is 25.5. The van der Waals surface area contributed by atoms with Crippen molar-refractivity contribution in [3.63, 3.8) is 0 Å². The largest absolute Gasteiger partial charge is 0.370 e. The number of carbonyl (C=O) groups is 8. The molecule has 0 unspecified atom stereocenters. The van der Waals surface area contributed by atoms with Crippen LogP contribution >= 0.6 is 0 Å². The summed E-state index contributed by atoms with van der Waals surface area (Å²) in [6, 6.07) is 7.26. The highest BCUT2D eigenvalue weighted by Crippen LogP contribution is 2.20. The lowest BCUT2D eigenvalue weighted by atomic mass is 10.0. The van der Waals surface area contributed by atoms with Crippen molar-refractivity contribution in [1.82, 2.24) is 67.2 Å². The van der Waals surface area contributed by atoms with Crippen LogP contribution in [0.15, 0.2) is 84.5 Å². The summed E-state index contributed by atoms with van der Waals surface area (Å²) in [5.41, 5.74) is 20.1. The zero-order valence-corrected chi connectivity index (χ0v) is 42.7. The summed E-state index contributed by atoms with van der Waals surface area (Å²) in [5, 5.41) is 28.6. The maximum atomic E-state index is 14.8. The second kappa shape index (κ2) is 28.1. The number of guanidine groups is 1. The molecule has 6 rings (SSSR count). The minimum absolute atomic E-state index is 0.0349. The van der Waals surface area contributed by atoms with Gasteiger partial charge in [0.1, 0.15) is 42.3 Å². The average Bonchev–Trinajstić information content (AvgIpc) is 4.18. The standard InChI is InChI=1S/C51H69N17O8/c1-3-4-17-38(59-30(2)69)45(71)65-43-28-68-27-33(66-67-68)15-8-10-19-37(44(52)70)60-48(74)41(23-32-25-57-36-18-11-9-16-35(32)36)63-46(72)39(20-12-21-56-51(53)54)61-47(73)40(22-31-13-6-5-7-14-31)62-49(75)42(64-50(43)76)24-34-26-55-29-58-34/h5-7,9,11,13-14,16,18,25-27,29,37-43,57H,3-4,8,10,12,15,17,19-24,28H2,1-2H3,(H2,52,70)(H,55,58)(H,59,69)(H,60,74)(H,61,73)(H,62,75)(H,63,72)(H,64,76)(H,65,71)(H4,53,54,56)/t37-,38-,39-,40+,41-,42-,43-/m0/s1. The molecule has 0 spiro atoms. The Balaban J connectivity index is 1.39. The molecule has 0 aliphatic carbocycles. The molecule has 0 saturated heterocycles. The third kappa shape index (κ3) is 17.2. The summed E-state index contributed by atoms with van der Waals surface area (Å²) in [6.45, 7) is 3.03. The maximum absolute atomic E-state index is 14.8. The van der Waals surface area contributed by atoms with Gasteiger partial charge in [0.2, 0.25) is 47.3 Å². The summed E-state index contributed by atoms with van der Waals surface area (Å²) in [4.78, 5) is 126. The molecule has 8 amide bonds. The van der Waals surface area contributed by atoms with Crippen molar-refractivity contribution in [2.75, 3.05) is 6.54 Å². The third-order valence-corrected chi connectivity index (χ3v) is 12.8. The fourth-order valence-corrected chi connectivity index (χ4v) is 8.81. The van der Waals surface area contributed by atoms with Gasteiger partial charge in [-0.25, -0.2) is 9.67 Å². The molecule has 0 radical (unpaired) electrons. The highest BCUT2D eigenvalue weighted by molar-refractivity contribution is 5.98. The predicted molar refractivity (Wildman–Crippen MR) is 280 cm³/mol. The zero-order chi connectivity index (χ0) is 54.6. The van der Waals surface area contributed by atoms with E-state index in [0.717, 1.165) is 17.3 Å². The van der Waals surface area contributed by atoms with Crippen LogP contribution in [-0.4, -0.2) is 132 Å². The van der Waals surface area contributed by atoms with Crippen molar-refractivity contribution >= 4 is 64.1 Å². The first-order chi connectivity index (χ1) is 36.6. The van der Waals surface area contributed by atoms with Crippen LogP contribution < -0.4 is 54.4 Å². The summed E-state index contributed by atoms with van der Waals surface area (Å²) in [6.07, 6.45) is 8.98. The number of carbonyl (C=O) groups excluding carboxylic acids is 8. The lowest BCUT2D eigenvalue weighted by Gasteiger charge is -2.28. The Morgan fingerprint density at radius 2 is 1.46 bits per heavy atom. The SMILES string of the molecule is CCCC[C@H](NC(C)=O)C(=O)N[C@H]1Cn2cc(nn2)CCCC[C@@H](C(N)=O)NC(=O)[C@H](Cc2c[nH]c3ccccc23)NC(=O)[C@H](CCCN=C(N)N)NC(=O)[C@@H](Cc2ccccc2)NC(=O)[C@H](Cc2cnc[nH]2)NC1=O. The van der Waals surface area contributed by atoms with Crippen LogP contribution in [0.2, 0.25) is 0 Å². The van der Waals surface area contributed by atoms with Crippen LogP contribution in [-0.2, 0) is 70.6 Å². The van der Waals surface area contributed by atoms with E-state index in [-0.39, 0.29) is 64.0 Å². The Bertz CT molecular complexity index is 2790. The fraction of sp³-hybridized carbons (Fsp3) is 0.451. The molecular weight excluding hydrogens is 979 g/mol. The van der Waals surface area contributed by atoms with Gasteiger partial charge in [-0.2, -0.15) is 0 Å². The summed E-state index contributed by atoms with van der Waals surface area (Å²) in [5.74, 6) is -5.98. The number of aromatic amines is 2. The number of primary amides is 1. The number of fused-ring (bicyclic) bond motifs is 3. The van der Waals surface area contributed by atoms with E-state index in [2.05, 4.69) is 67.5 Å². The summed E-state index contributed by atoms with van der Waals surface area (Å²) in [7, 11) is 0. The van der Waals surface area contributed by atoms with Gasteiger partial charge < -0.3 is 64.4 Å². The van der Waals surface area contributed by atoms with Gasteiger partial charge in [0.05, 0.1) is 18.6 Å². The van der Waals surface area contributed by atoms with E-state index in [1.807, 2.05) is 31.2 Å². The molecule has 2 aromatic carbocycles. The van der Waals surface area contributed by atoms with Gasteiger partial charge in [-0.05, 0) is 55.7 Å². The van der Waals surface area contributed by atoms with Crippen LogP contribution in [0.3, 0.4) is 0 Å². The molecule has 5 aromatic rings. The molecule has 0 fully saturated rings. The van der Waals surface area contributed by atoms with Crippen LogP contribution in [0.25, 0.3) is 10.9 Å². The molecule has 1 aliphatic rings. The maximum Gasteiger partial charge on any atom is 0.245 e. The number of unbranched alkanes of at least 4 members (excludes halogenated alkanes) is 1. The normalized spacial score (nSPS) is 20.8. The molecule has 7 atom stereocenters. The number of nitrogens with one attached hydrogen (secondary N) is 9. The quantitative estimate of drug-likeness (QED) is 0.0305. The van der Waals surface area contributed by atoms with E-state index in [4.69, 9.17) is 17.2 Å². The van der Waals surface area contributed by atoms with Gasteiger partial charge in [-0.15, -0.1) is 5.10 Å². The van der Waals surface area contributed by atoms with Crippen LogP contribution in [0, 0.1) is 0 Å². The van der Waals surface area contributed by atoms with E-state index < -0.39 is 89.6 Å². The number of hydrogen-bond acceptors (Lipinski definition) is 12. The van der Waals surface area contributed by atoms with E-state index in [0.29, 0.717) is 48.2 Å². The van der Waals surface area contributed by atoms with Crippen molar-refractivity contribution in [1.29, 1.82) is 0 Å². The number of benzene rings is 2. The molecule has 25 nitrogen and oxygen atoms in total. The minimum atomic E-state index is -1.40. The lowest BCUT2D eigenvalue weighted by Crippen LogP contribution is -2.61. The molecule has 406 valence electrons. The number of nitrogens with two attached hydrogens (primary N) is 3. The van der Waals surface area contributed by atoms with Crippen molar-refractivity contribution in [2.45, 2.75) is 140 Å². The van der Waals surface area contributed by atoms with Gasteiger partial charge in [-0.1, -0.05) is 79.9 Å². The van der Waals surface area contributed by atoms with Crippen LogP contribution in [0.1, 0.15) is 87.7 Å². The highest BCUT2D eigenvalue weighted by atomic mass is 16.2. The van der Waals surface area contributed by atoms with E-state index in [1.165, 1.54) is 24.1 Å². The Morgan fingerprint density at radius 3 is 2.16 bits per heavy atom. The average molecular weight is 1050 g/mol. The summed E-state index contributed by atoms with van der Waals surface area (Å²) >= 11 is 0. The van der Waals surface area contributed by atoms with E-state index in [9.17, 15) is 38.4 Å². The van der Waals surface area contributed by atoms with Gasteiger partial charge in [-0.3, -0.25) is 43.3 Å². The number of amides is 8. The number of hydrogen-bond donors (Lipinski definition) is 12. The molecular formula is C51H69N17O8. The Hall–Kier alpha value is -8.64. The van der Waals surface area contributed by atoms with Gasteiger partial charge in [0.25, 0.3) is 0 Å². The Labute approximate surface area is 438 Å². The monoisotopic (exact) mass is 1050 g/mol. The molecule has 1 aliphatic heterocycles. The number of imidazole rings is 1. The van der Waals surface area contributed by atoms with E-state index in [1.54, 1.807) is 42.7 Å². The van der Waals surface area contributed by atoms with Crippen molar-refractivity contribution < 1.29 is 38.4 Å². The first-order valence-corrected chi connectivity index (χ1v) is 25.5. The number of aliphatic imine (C=N–C) groups is 1. The number of aromatic nitrogens is 6. The second-order valence-corrected chi connectivity index (χ2v) is 18.8. The predicted octanol–water partition coefficient (Wildman–Crippen LogP) is -0.920. The number of nitrogens with zero attached hydrogens (tertiary/aromatic N) is 5. The molecule has 0 saturated carbocycles. The summed E-state index contributed by atoms with van der Waals surface area (Å²) < 4.78 is 1.37. The topological polar surface area (TPSA) is 386 Å². The van der Waals surface area contributed by atoms with E-state index >= 15 is 0 Å². The number of aryl methyl sites for hydroxylation is 1. The smallest absolute Gasteiger partial charge is 0.245 e. The minimum Gasteiger partial charge on any atom is -0.370 e. The Morgan fingerprint density at radius 1 is 0.789 bits per heavy atom. The number of rotatable bonds is 17. The van der Waals surface area contributed by atoms with Crippen molar-refractivity contribution in [2.24, 2.45) is 22.2 Å². The van der Waals surface area contributed by atoms with Gasteiger partial charge in [0, 0.05) is 67.9 Å². The van der Waals surface area contributed by atoms with Crippen molar-refractivity contribution in [3.8, 4) is 0 Å². The first kappa shape index (κ1) is 56.7. The molecule has 3 aromatic heterocycles. The molecule has 4 heterocycles. The second-order valence-electron chi connectivity index (χ2n) is 18.8.